The van der Waals surface area contributed by atoms with Gasteiger partial charge in [0.15, 0.2) is 0 Å². The molecule has 2 heterocycles. The van der Waals surface area contributed by atoms with E-state index >= 15 is 0 Å². The van der Waals surface area contributed by atoms with Gasteiger partial charge >= 0.3 is 0 Å². The zero-order valence-electron chi connectivity index (χ0n) is 12.4. The first-order valence-electron chi connectivity index (χ1n) is 7.33. The van der Waals surface area contributed by atoms with E-state index in [2.05, 4.69) is 14.7 Å². The molecule has 2 aliphatic rings. The number of hydrogen-bond acceptors (Lipinski definition) is 6. The van der Waals surface area contributed by atoms with Crippen molar-refractivity contribution in [3.8, 4) is 0 Å². The molecule has 0 amide bonds. The summed E-state index contributed by atoms with van der Waals surface area (Å²) in [5.41, 5.74) is 0.322. The lowest BCUT2D eigenvalue weighted by molar-refractivity contribution is 0.181. The highest BCUT2D eigenvalue weighted by Crippen LogP contribution is 2.28. The summed E-state index contributed by atoms with van der Waals surface area (Å²) in [6, 6.07) is 1.26. The number of rotatable bonds is 6. The summed E-state index contributed by atoms with van der Waals surface area (Å²) in [4.78, 5) is 20.6. The third-order valence-corrected chi connectivity index (χ3v) is 5.87. The second-order valence-corrected chi connectivity index (χ2v) is 7.78. The number of hydrogen-bond donors (Lipinski definition) is 2. The Bertz CT molecular complexity index is 698. The maximum absolute atomic E-state index is 12.0. The zero-order chi connectivity index (χ0) is 15.7. The minimum absolute atomic E-state index is 0.137. The molecule has 0 spiro atoms. The number of nitrogens with zero attached hydrogens (tertiary/aromatic N) is 2. The van der Waals surface area contributed by atoms with Gasteiger partial charge in [0, 0.05) is 32.3 Å². The average molecular weight is 328 g/mol. The first-order valence-corrected chi connectivity index (χ1v) is 8.88. The molecule has 1 saturated carbocycles. The van der Waals surface area contributed by atoms with Crippen LogP contribution in [-0.4, -0.2) is 49.9 Å². The molecule has 3 rings (SSSR count). The zero-order valence-corrected chi connectivity index (χ0v) is 13.2. The fourth-order valence-corrected chi connectivity index (χ4v) is 4.23. The van der Waals surface area contributed by atoms with E-state index in [1.54, 1.807) is 7.11 Å². The van der Waals surface area contributed by atoms with Crippen molar-refractivity contribution in [2.45, 2.75) is 37.2 Å². The van der Waals surface area contributed by atoms with Crippen LogP contribution in [0.5, 0.6) is 0 Å². The van der Waals surface area contributed by atoms with Gasteiger partial charge in [0.25, 0.3) is 5.56 Å². The molecule has 0 aromatic carbocycles. The average Bonchev–Trinajstić information content (AvgIpc) is 3.21. The predicted octanol–water partition coefficient (Wildman–Crippen LogP) is -0.423. The van der Waals surface area contributed by atoms with Crippen molar-refractivity contribution in [2.75, 3.05) is 25.1 Å². The first kappa shape index (κ1) is 15.4. The molecule has 122 valence electrons. The van der Waals surface area contributed by atoms with Crippen molar-refractivity contribution in [3.05, 3.63) is 22.1 Å². The van der Waals surface area contributed by atoms with Crippen molar-refractivity contribution in [2.24, 2.45) is 0 Å². The molecule has 0 radical (unpaired) electrons. The number of ether oxygens (including phenoxy) is 1. The van der Waals surface area contributed by atoms with E-state index in [9.17, 15) is 13.2 Å². The van der Waals surface area contributed by atoms with Gasteiger partial charge in [0.1, 0.15) is 0 Å². The van der Waals surface area contributed by atoms with E-state index in [0.717, 1.165) is 12.8 Å². The molecule has 1 aliphatic heterocycles. The van der Waals surface area contributed by atoms with Gasteiger partial charge in [0.2, 0.25) is 16.0 Å². The normalized spacial score (nSPS) is 22.2. The lowest BCUT2D eigenvalue weighted by Gasteiger charge is -2.18. The Morgan fingerprint density at radius 3 is 2.91 bits per heavy atom. The molecule has 1 aliphatic carbocycles. The van der Waals surface area contributed by atoms with Crippen LogP contribution in [0.2, 0.25) is 0 Å². The van der Waals surface area contributed by atoms with Crippen LogP contribution in [0, 0.1) is 0 Å². The van der Waals surface area contributed by atoms with Crippen molar-refractivity contribution < 1.29 is 13.2 Å². The van der Waals surface area contributed by atoms with Crippen LogP contribution < -0.4 is 15.2 Å². The van der Waals surface area contributed by atoms with E-state index in [1.807, 2.05) is 4.90 Å². The molecule has 1 unspecified atom stereocenters. The summed E-state index contributed by atoms with van der Waals surface area (Å²) in [5.74, 6) is 0.465. The van der Waals surface area contributed by atoms with Gasteiger partial charge in [-0.1, -0.05) is 0 Å². The van der Waals surface area contributed by atoms with Gasteiger partial charge < -0.3 is 9.64 Å². The fourth-order valence-electron chi connectivity index (χ4n) is 2.62. The van der Waals surface area contributed by atoms with Crippen molar-refractivity contribution >= 4 is 16.0 Å². The fraction of sp³-hybridized carbons (Fsp3) is 0.692. The van der Waals surface area contributed by atoms with E-state index in [0.29, 0.717) is 31.2 Å². The first-order chi connectivity index (χ1) is 10.5. The number of anilines is 1. The highest BCUT2D eigenvalue weighted by atomic mass is 32.2. The number of aromatic amines is 1. The van der Waals surface area contributed by atoms with Crippen molar-refractivity contribution in [1.29, 1.82) is 0 Å². The topological polar surface area (TPSA) is 104 Å². The molecule has 9 heteroatoms. The maximum atomic E-state index is 12.0. The Balaban J connectivity index is 1.68. The van der Waals surface area contributed by atoms with E-state index in [-0.39, 0.29) is 23.5 Å². The molecule has 1 atom stereocenters. The smallest absolute Gasteiger partial charge is 0.252 e. The third kappa shape index (κ3) is 3.47. The quantitative estimate of drug-likeness (QED) is 0.735. The SMILES string of the molecule is COCc1cc(=O)[nH]c(N2CCC(NS(=O)(=O)C3CC3)C2)n1. The Kier molecular flexibility index (Phi) is 4.20. The van der Waals surface area contributed by atoms with Crippen molar-refractivity contribution in [3.63, 3.8) is 0 Å². The minimum Gasteiger partial charge on any atom is -0.378 e. The lowest BCUT2D eigenvalue weighted by Crippen LogP contribution is -2.39. The van der Waals surface area contributed by atoms with Crippen molar-refractivity contribution in [1.82, 2.24) is 14.7 Å². The molecule has 2 N–H and O–H groups in total. The Hall–Kier alpha value is -1.45. The molecule has 1 aromatic heterocycles. The van der Waals surface area contributed by atoms with E-state index in [1.165, 1.54) is 6.07 Å². The van der Waals surface area contributed by atoms with Gasteiger partial charge in [-0.15, -0.1) is 0 Å². The summed E-state index contributed by atoms with van der Waals surface area (Å²) >= 11 is 0. The lowest BCUT2D eigenvalue weighted by atomic mass is 10.3. The Labute approximate surface area is 128 Å². The van der Waals surface area contributed by atoms with Crippen LogP contribution in [0.15, 0.2) is 10.9 Å². The standard InChI is InChI=1S/C13H20N4O4S/c1-21-8-10-6-12(18)15-13(14-10)17-5-4-9(7-17)16-22(19,20)11-2-3-11/h6,9,11,16H,2-5,7-8H2,1H3,(H,14,15,18). The molecule has 8 nitrogen and oxygen atoms in total. The van der Waals surface area contributed by atoms with E-state index in [4.69, 9.17) is 4.74 Å². The summed E-state index contributed by atoms with van der Waals surface area (Å²) in [5, 5.41) is -0.218. The number of H-pyrrole nitrogens is 1. The minimum atomic E-state index is -3.19. The Morgan fingerprint density at radius 1 is 1.45 bits per heavy atom. The predicted molar refractivity (Wildman–Crippen MR) is 81.3 cm³/mol. The van der Waals surface area contributed by atoms with Crippen LogP contribution in [0.25, 0.3) is 0 Å². The number of nitrogens with one attached hydrogen (secondary N) is 2. The van der Waals surface area contributed by atoms with Gasteiger partial charge in [-0.05, 0) is 19.3 Å². The highest BCUT2D eigenvalue weighted by Gasteiger charge is 2.38. The summed E-state index contributed by atoms with van der Waals surface area (Å²) in [6.45, 7) is 1.42. The molecule has 22 heavy (non-hydrogen) atoms. The van der Waals surface area contributed by atoms with E-state index < -0.39 is 10.0 Å². The second-order valence-electron chi connectivity index (χ2n) is 5.79. The molecular formula is C13H20N4O4S. The molecule has 2 fully saturated rings. The summed E-state index contributed by atoms with van der Waals surface area (Å²) in [6.07, 6.45) is 2.20. The van der Waals surface area contributed by atoms with Crippen LogP contribution in [0.4, 0.5) is 5.95 Å². The van der Waals surface area contributed by atoms with Crippen LogP contribution in [-0.2, 0) is 21.4 Å². The van der Waals surface area contributed by atoms with Gasteiger partial charge in [-0.3, -0.25) is 9.78 Å². The largest absolute Gasteiger partial charge is 0.378 e. The molecule has 1 saturated heterocycles. The van der Waals surface area contributed by atoms with Gasteiger partial charge in [0.05, 0.1) is 17.6 Å². The number of sulfonamides is 1. The summed E-state index contributed by atoms with van der Waals surface area (Å²) < 4.78 is 31.7. The third-order valence-electron chi connectivity index (χ3n) is 3.86. The van der Waals surface area contributed by atoms with Gasteiger partial charge in [-0.2, -0.15) is 0 Å². The monoisotopic (exact) mass is 328 g/mol. The van der Waals surface area contributed by atoms with Crippen LogP contribution >= 0.6 is 0 Å². The van der Waals surface area contributed by atoms with Crippen LogP contribution in [0.3, 0.4) is 0 Å². The molecular weight excluding hydrogens is 308 g/mol. The highest BCUT2D eigenvalue weighted by molar-refractivity contribution is 7.90. The van der Waals surface area contributed by atoms with Crippen LogP contribution in [0.1, 0.15) is 25.0 Å². The maximum Gasteiger partial charge on any atom is 0.252 e. The number of methoxy groups -OCH3 is 1. The number of aromatic nitrogens is 2. The Morgan fingerprint density at radius 2 is 2.23 bits per heavy atom. The second kappa shape index (κ2) is 5.98. The molecule has 1 aromatic rings. The molecule has 0 bridgehead atoms. The summed E-state index contributed by atoms with van der Waals surface area (Å²) in [7, 11) is -1.65. The van der Waals surface area contributed by atoms with Gasteiger partial charge in [-0.25, -0.2) is 18.1 Å².